The van der Waals surface area contributed by atoms with Gasteiger partial charge in [0.15, 0.2) is 0 Å². The highest BCUT2D eigenvalue weighted by Crippen LogP contribution is 2.14. The number of aliphatic carboxylic acids is 1. The van der Waals surface area contributed by atoms with Crippen molar-refractivity contribution in [1.82, 2.24) is 0 Å². The molecule has 0 fully saturated rings. The minimum absolute atomic E-state index is 0.0586. The number of carboxylic acid groups (broad SMARTS) is 1. The zero-order valence-electron chi connectivity index (χ0n) is 8.00. The molecule has 1 aliphatic carbocycles. The van der Waals surface area contributed by atoms with Crippen molar-refractivity contribution in [2.75, 3.05) is 6.61 Å². The third-order valence-electron chi connectivity index (χ3n) is 1.85. The molecule has 82 valence electrons. The summed E-state index contributed by atoms with van der Waals surface area (Å²) in [4.78, 5) is 10.8. The van der Waals surface area contributed by atoms with Gasteiger partial charge in [-0.2, -0.15) is 8.42 Å². The molecule has 0 saturated heterocycles. The maximum Gasteiger partial charge on any atom is 0.334 e. The Bertz CT molecular complexity index is 447. The van der Waals surface area contributed by atoms with E-state index in [0.29, 0.717) is 0 Å². The summed E-state index contributed by atoms with van der Waals surface area (Å²) < 4.78 is 26.7. The molecule has 1 rings (SSSR count). The van der Waals surface area contributed by atoms with Crippen molar-refractivity contribution in [2.45, 2.75) is 13.0 Å². The molecule has 0 aromatic carbocycles. The first-order valence-corrected chi connectivity index (χ1v) is 5.34. The summed E-state index contributed by atoms with van der Waals surface area (Å²) in [5, 5.41) is 8.84. The van der Waals surface area contributed by atoms with E-state index in [2.05, 4.69) is 0 Å². The van der Waals surface area contributed by atoms with Crippen LogP contribution in [0.3, 0.4) is 0 Å². The molecule has 0 aromatic rings. The highest BCUT2D eigenvalue weighted by atomic mass is 32.2. The highest BCUT2D eigenvalue weighted by Gasteiger charge is 2.27. The molecule has 1 atom stereocenters. The van der Waals surface area contributed by atoms with Crippen LogP contribution < -0.4 is 0 Å². The van der Waals surface area contributed by atoms with E-state index in [1.165, 1.54) is 18.2 Å². The number of allylic oxidation sites excluding steroid dienone is 2. The number of carboxylic acids is 1. The van der Waals surface area contributed by atoms with Crippen molar-refractivity contribution in [2.24, 2.45) is 0 Å². The van der Waals surface area contributed by atoms with Crippen molar-refractivity contribution in [3.63, 3.8) is 0 Å². The third-order valence-corrected chi connectivity index (χ3v) is 2.58. The van der Waals surface area contributed by atoms with Crippen LogP contribution in [0.5, 0.6) is 0 Å². The van der Waals surface area contributed by atoms with Crippen molar-refractivity contribution in [3.8, 4) is 0 Å². The normalized spacial score (nSPS) is 19.9. The lowest BCUT2D eigenvalue weighted by Crippen LogP contribution is -2.31. The van der Waals surface area contributed by atoms with Gasteiger partial charge in [-0.3, -0.25) is 0 Å². The lowest BCUT2D eigenvalue weighted by atomic mass is 10.0. The largest absolute Gasteiger partial charge is 0.478 e. The zero-order chi connectivity index (χ0) is 11.4. The first-order valence-electron chi connectivity index (χ1n) is 4.27. The molecule has 0 bridgehead atoms. The van der Waals surface area contributed by atoms with Gasteiger partial charge in [-0.1, -0.05) is 6.08 Å². The topological polar surface area (TPSA) is 80.7 Å². The quantitative estimate of drug-likeness (QED) is 0.691. The van der Waals surface area contributed by atoms with Crippen LogP contribution in [0.4, 0.5) is 0 Å². The van der Waals surface area contributed by atoms with Crippen molar-refractivity contribution >= 4 is 21.1 Å². The van der Waals surface area contributed by atoms with Gasteiger partial charge in [-0.15, -0.1) is 0 Å². The summed E-state index contributed by atoms with van der Waals surface area (Å²) in [6.07, 6.45) is 3.04. The Morgan fingerprint density at radius 2 is 2.27 bits per heavy atom. The van der Waals surface area contributed by atoms with Gasteiger partial charge in [-0.05, 0) is 19.1 Å². The van der Waals surface area contributed by atoms with E-state index in [-0.39, 0.29) is 17.0 Å². The van der Waals surface area contributed by atoms with Crippen LogP contribution in [-0.2, 0) is 19.8 Å². The molecule has 0 radical (unpaired) electrons. The zero-order valence-corrected chi connectivity index (χ0v) is 8.82. The molecule has 5 nitrogen and oxygen atoms in total. The maximum atomic E-state index is 10.8. The van der Waals surface area contributed by atoms with E-state index in [1.807, 2.05) is 0 Å². The Hall–Kier alpha value is -1.40. The second-order valence-electron chi connectivity index (χ2n) is 2.76. The fourth-order valence-electron chi connectivity index (χ4n) is 1.24. The van der Waals surface area contributed by atoms with E-state index < -0.39 is 22.4 Å². The van der Waals surface area contributed by atoms with Crippen LogP contribution in [0.2, 0.25) is 0 Å². The summed E-state index contributed by atoms with van der Waals surface area (Å²) in [6.45, 7) is 1.91. The van der Waals surface area contributed by atoms with Gasteiger partial charge in [0, 0.05) is 6.61 Å². The molecule has 0 aromatic heterocycles. The first kappa shape index (κ1) is 11.7. The molecule has 1 N–H and O–H groups in total. The number of rotatable bonds is 3. The predicted molar refractivity (Wildman–Crippen MR) is 54.2 cm³/mol. The van der Waals surface area contributed by atoms with Crippen molar-refractivity contribution in [1.29, 1.82) is 0 Å². The average Bonchev–Trinajstić information content (AvgIpc) is 2.17. The highest BCUT2D eigenvalue weighted by molar-refractivity contribution is 7.73. The minimum atomic E-state index is -2.47. The van der Waals surface area contributed by atoms with Gasteiger partial charge in [0.05, 0.1) is 5.57 Å². The molecule has 0 spiro atoms. The van der Waals surface area contributed by atoms with Gasteiger partial charge in [0.2, 0.25) is 10.3 Å². The van der Waals surface area contributed by atoms with E-state index in [4.69, 9.17) is 9.84 Å². The second kappa shape index (κ2) is 4.90. The van der Waals surface area contributed by atoms with Gasteiger partial charge in [0.1, 0.15) is 11.0 Å². The van der Waals surface area contributed by atoms with Crippen molar-refractivity contribution in [3.05, 3.63) is 23.8 Å². The molecular weight excluding hydrogens is 220 g/mol. The Labute approximate surface area is 88.2 Å². The SMILES string of the molecule is CCOC1C(C(=O)O)=CC=CC1=S(=O)=O. The number of hydrogen-bond donors (Lipinski definition) is 1. The Morgan fingerprint density at radius 3 is 2.73 bits per heavy atom. The van der Waals surface area contributed by atoms with Crippen LogP contribution in [0.15, 0.2) is 23.8 Å². The van der Waals surface area contributed by atoms with E-state index >= 15 is 0 Å². The van der Waals surface area contributed by atoms with Crippen LogP contribution >= 0.6 is 0 Å². The van der Waals surface area contributed by atoms with E-state index in [9.17, 15) is 13.2 Å². The third kappa shape index (κ3) is 2.54. The summed E-state index contributed by atoms with van der Waals surface area (Å²) in [5.41, 5.74) is -0.0708. The van der Waals surface area contributed by atoms with Gasteiger partial charge in [-0.25, -0.2) is 4.79 Å². The molecule has 15 heavy (non-hydrogen) atoms. The maximum absolute atomic E-state index is 10.8. The molecule has 0 amide bonds. The number of carbonyl (C=O) groups is 1. The summed E-state index contributed by atoms with van der Waals surface area (Å²) in [7, 11) is -2.47. The Kier molecular flexibility index (Phi) is 3.81. The number of hydrogen-bond acceptors (Lipinski definition) is 4. The lowest BCUT2D eigenvalue weighted by molar-refractivity contribution is -0.133. The van der Waals surface area contributed by atoms with E-state index in [0.717, 1.165) is 0 Å². The minimum Gasteiger partial charge on any atom is -0.478 e. The van der Waals surface area contributed by atoms with Crippen LogP contribution in [-0.4, -0.2) is 37.1 Å². The molecule has 0 saturated carbocycles. The molecular formula is C9H10O5S. The average molecular weight is 230 g/mol. The Balaban J connectivity index is 3.20. The summed E-state index contributed by atoms with van der Waals surface area (Å²) in [6, 6.07) is 0. The molecule has 1 unspecified atom stereocenters. The lowest BCUT2D eigenvalue weighted by Gasteiger charge is -2.18. The summed E-state index contributed by atoms with van der Waals surface area (Å²) >= 11 is 0. The molecule has 0 heterocycles. The van der Waals surface area contributed by atoms with Crippen LogP contribution in [0, 0.1) is 0 Å². The smallest absolute Gasteiger partial charge is 0.334 e. The van der Waals surface area contributed by atoms with Gasteiger partial charge in [0.25, 0.3) is 0 Å². The summed E-state index contributed by atoms with van der Waals surface area (Å²) in [5.74, 6) is -1.18. The van der Waals surface area contributed by atoms with Crippen LogP contribution in [0.25, 0.3) is 0 Å². The van der Waals surface area contributed by atoms with E-state index in [1.54, 1.807) is 6.92 Å². The van der Waals surface area contributed by atoms with Crippen LogP contribution in [0.1, 0.15) is 6.92 Å². The Morgan fingerprint density at radius 1 is 1.60 bits per heavy atom. The fourth-order valence-corrected chi connectivity index (χ4v) is 1.80. The second-order valence-corrected chi connectivity index (χ2v) is 3.70. The first-order chi connectivity index (χ1) is 7.07. The van der Waals surface area contributed by atoms with Gasteiger partial charge < -0.3 is 9.84 Å². The van der Waals surface area contributed by atoms with Crippen molar-refractivity contribution < 1.29 is 23.1 Å². The predicted octanol–water partition coefficient (Wildman–Crippen LogP) is 0.0238. The van der Waals surface area contributed by atoms with Gasteiger partial charge >= 0.3 is 5.97 Å². The standard InChI is InChI=1S/C9H10O5S/c1-2-14-8-6(9(10)11)4-3-5-7(8)15(12)13/h3-5,8H,2H2,1H3,(H,10,11). The number of ether oxygens (including phenoxy) is 1. The molecule has 6 heteroatoms. The monoisotopic (exact) mass is 230 g/mol. The molecule has 0 aliphatic heterocycles. The fraction of sp³-hybridized carbons (Fsp3) is 0.333. The molecule has 1 aliphatic rings.